The molecule has 0 radical (unpaired) electrons. The minimum absolute atomic E-state index is 0.125. The van der Waals surface area contributed by atoms with Crippen molar-refractivity contribution in [1.29, 1.82) is 0 Å². The molecule has 0 spiro atoms. The Kier molecular flexibility index (Phi) is 7.91. The minimum Gasteiger partial charge on any atom is -0.376 e. The highest BCUT2D eigenvalue weighted by Gasteiger charge is 2.15. The van der Waals surface area contributed by atoms with Crippen LogP contribution in [0.5, 0.6) is 0 Å². The first-order valence-corrected chi connectivity index (χ1v) is 10.2. The van der Waals surface area contributed by atoms with E-state index in [-0.39, 0.29) is 18.0 Å². The van der Waals surface area contributed by atoms with E-state index in [1.54, 1.807) is 54.6 Å². The number of anilines is 3. The van der Waals surface area contributed by atoms with Crippen LogP contribution in [-0.4, -0.2) is 30.8 Å². The molecule has 3 aromatic rings. The van der Waals surface area contributed by atoms with E-state index in [1.807, 2.05) is 0 Å². The highest BCUT2D eigenvalue weighted by molar-refractivity contribution is 6.10. The second-order valence-electron chi connectivity index (χ2n) is 6.95. The molecule has 0 aromatic heterocycles. The predicted molar refractivity (Wildman–Crippen MR) is 127 cm³/mol. The molecule has 0 unspecified atom stereocenters. The number of rotatable bonds is 9. The van der Waals surface area contributed by atoms with E-state index in [0.29, 0.717) is 29.2 Å². The minimum atomic E-state index is -0.449. The van der Waals surface area contributed by atoms with Crippen LogP contribution in [0, 0.1) is 5.82 Å². The van der Waals surface area contributed by atoms with Crippen molar-refractivity contribution in [1.82, 2.24) is 5.32 Å². The van der Waals surface area contributed by atoms with E-state index in [9.17, 15) is 18.8 Å². The maximum Gasteiger partial charge on any atom is 0.257 e. The number of nitrogens with one attached hydrogen (secondary N) is 4. The number of amides is 3. The van der Waals surface area contributed by atoms with Gasteiger partial charge in [-0.1, -0.05) is 30.3 Å². The van der Waals surface area contributed by atoms with Gasteiger partial charge in [-0.2, -0.15) is 0 Å². The SMILES string of the molecule is C=CCNC(=O)c1ccccc1NCC(=O)Nc1ccccc1C(=O)Nc1ccc(F)cc1. The summed E-state index contributed by atoms with van der Waals surface area (Å²) in [6.07, 6.45) is 1.57. The van der Waals surface area contributed by atoms with E-state index >= 15 is 0 Å². The molecule has 8 heteroatoms. The largest absolute Gasteiger partial charge is 0.376 e. The third-order valence-electron chi connectivity index (χ3n) is 4.57. The molecule has 0 aliphatic rings. The van der Waals surface area contributed by atoms with E-state index in [4.69, 9.17) is 0 Å². The van der Waals surface area contributed by atoms with E-state index in [1.165, 1.54) is 24.3 Å². The van der Waals surface area contributed by atoms with Crippen LogP contribution in [0.2, 0.25) is 0 Å². The highest BCUT2D eigenvalue weighted by Crippen LogP contribution is 2.19. The average Bonchev–Trinajstić information content (AvgIpc) is 2.83. The van der Waals surface area contributed by atoms with Crippen molar-refractivity contribution in [2.45, 2.75) is 0 Å². The zero-order valence-electron chi connectivity index (χ0n) is 17.7. The molecule has 3 amide bonds. The molecule has 0 atom stereocenters. The van der Waals surface area contributed by atoms with Gasteiger partial charge < -0.3 is 21.3 Å². The van der Waals surface area contributed by atoms with Gasteiger partial charge in [0.25, 0.3) is 11.8 Å². The Labute approximate surface area is 190 Å². The van der Waals surface area contributed by atoms with Gasteiger partial charge in [0.2, 0.25) is 5.91 Å². The van der Waals surface area contributed by atoms with Gasteiger partial charge in [0.15, 0.2) is 0 Å². The molecule has 3 rings (SSSR count). The van der Waals surface area contributed by atoms with Crippen LogP contribution in [0.1, 0.15) is 20.7 Å². The second kappa shape index (κ2) is 11.2. The number of carbonyl (C=O) groups is 3. The van der Waals surface area contributed by atoms with Crippen LogP contribution >= 0.6 is 0 Å². The smallest absolute Gasteiger partial charge is 0.257 e. The lowest BCUT2D eigenvalue weighted by Crippen LogP contribution is -2.27. The number of halogens is 1. The molecule has 0 heterocycles. The summed E-state index contributed by atoms with van der Waals surface area (Å²) in [5, 5.41) is 11.0. The topological polar surface area (TPSA) is 99.3 Å². The Morgan fingerprint density at radius 2 is 1.39 bits per heavy atom. The van der Waals surface area contributed by atoms with Crippen LogP contribution in [0.4, 0.5) is 21.5 Å². The molecule has 0 aliphatic heterocycles. The second-order valence-corrected chi connectivity index (χ2v) is 6.95. The fourth-order valence-electron chi connectivity index (χ4n) is 2.99. The molecule has 0 fully saturated rings. The van der Waals surface area contributed by atoms with Gasteiger partial charge in [0.05, 0.1) is 23.4 Å². The van der Waals surface area contributed by atoms with Crippen LogP contribution < -0.4 is 21.3 Å². The molecule has 0 saturated carbocycles. The van der Waals surface area contributed by atoms with Crippen molar-refractivity contribution < 1.29 is 18.8 Å². The summed E-state index contributed by atoms with van der Waals surface area (Å²) in [5.74, 6) is -1.55. The predicted octanol–water partition coefficient (Wildman–Crippen LogP) is 4.04. The first kappa shape index (κ1) is 23.2. The van der Waals surface area contributed by atoms with Gasteiger partial charge in [-0.05, 0) is 48.5 Å². The maximum absolute atomic E-state index is 13.1. The zero-order chi connectivity index (χ0) is 23.6. The number of para-hydroxylation sites is 2. The molecule has 7 nitrogen and oxygen atoms in total. The van der Waals surface area contributed by atoms with Gasteiger partial charge in [-0.15, -0.1) is 6.58 Å². The standard InChI is InChI=1S/C25H23FN4O3/c1-2-15-27-24(32)19-7-3-5-9-21(19)28-16-23(31)30-22-10-6-4-8-20(22)25(33)29-18-13-11-17(26)12-14-18/h2-14,28H,1,15-16H2,(H,27,32)(H,29,33)(H,30,31). The molecule has 4 N–H and O–H groups in total. The number of hydrogen-bond acceptors (Lipinski definition) is 4. The molecule has 3 aromatic carbocycles. The number of carbonyl (C=O) groups excluding carboxylic acids is 3. The Balaban J connectivity index is 1.65. The summed E-state index contributed by atoms with van der Waals surface area (Å²) in [6, 6.07) is 18.7. The molecule has 0 saturated heterocycles. The van der Waals surface area contributed by atoms with Crippen molar-refractivity contribution in [3.05, 3.63) is 102 Å². The van der Waals surface area contributed by atoms with E-state index < -0.39 is 17.6 Å². The van der Waals surface area contributed by atoms with Gasteiger partial charge in [0, 0.05) is 17.9 Å². The van der Waals surface area contributed by atoms with Crippen LogP contribution in [-0.2, 0) is 4.79 Å². The van der Waals surface area contributed by atoms with Crippen molar-refractivity contribution >= 4 is 34.8 Å². The number of hydrogen-bond donors (Lipinski definition) is 4. The third kappa shape index (κ3) is 6.51. The summed E-state index contributed by atoms with van der Waals surface area (Å²) in [6.45, 7) is 3.77. The number of benzene rings is 3. The molecule has 168 valence electrons. The third-order valence-corrected chi connectivity index (χ3v) is 4.57. The Morgan fingerprint density at radius 3 is 2.06 bits per heavy atom. The lowest BCUT2D eigenvalue weighted by molar-refractivity contribution is -0.114. The highest BCUT2D eigenvalue weighted by atomic mass is 19.1. The fourth-order valence-corrected chi connectivity index (χ4v) is 2.99. The quantitative estimate of drug-likeness (QED) is 0.373. The van der Waals surface area contributed by atoms with Gasteiger partial charge in [-0.25, -0.2) is 4.39 Å². The zero-order valence-corrected chi connectivity index (χ0v) is 17.7. The van der Waals surface area contributed by atoms with Crippen molar-refractivity contribution in [3.63, 3.8) is 0 Å². The molecule has 33 heavy (non-hydrogen) atoms. The summed E-state index contributed by atoms with van der Waals surface area (Å²) >= 11 is 0. The van der Waals surface area contributed by atoms with E-state index in [2.05, 4.69) is 27.8 Å². The Hall–Kier alpha value is -4.46. The average molecular weight is 446 g/mol. The van der Waals surface area contributed by atoms with Crippen LogP contribution in [0.25, 0.3) is 0 Å². The first-order valence-electron chi connectivity index (χ1n) is 10.2. The summed E-state index contributed by atoms with van der Waals surface area (Å²) < 4.78 is 13.1. The Bertz CT molecular complexity index is 1160. The lowest BCUT2D eigenvalue weighted by atomic mass is 10.1. The summed E-state index contributed by atoms with van der Waals surface area (Å²) in [5.41, 5.74) is 1.89. The van der Waals surface area contributed by atoms with Crippen LogP contribution in [0.3, 0.4) is 0 Å². The van der Waals surface area contributed by atoms with Gasteiger partial charge in [-0.3, -0.25) is 14.4 Å². The summed E-state index contributed by atoms with van der Waals surface area (Å²) in [7, 11) is 0. The van der Waals surface area contributed by atoms with Gasteiger partial charge >= 0.3 is 0 Å². The first-order chi connectivity index (χ1) is 16.0. The normalized spacial score (nSPS) is 10.1. The monoisotopic (exact) mass is 446 g/mol. The molecular weight excluding hydrogens is 423 g/mol. The summed E-state index contributed by atoms with van der Waals surface area (Å²) in [4.78, 5) is 37.5. The fraction of sp³-hybridized carbons (Fsp3) is 0.0800. The van der Waals surface area contributed by atoms with Crippen molar-refractivity contribution in [2.24, 2.45) is 0 Å². The van der Waals surface area contributed by atoms with Gasteiger partial charge in [0.1, 0.15) is 5.82 Å². The van der Waals surface area contributed by atoms with Crippen LogP contribution in [0.15, 0.2) is 85.5 Å². The van der Waals surface area contributed by atoms with E-state index in [0.717, 1.165) is 0 Å². The maximum atomic E-state index is 13.1. The lowest BCUT2D eigenvalue weighted by Gasteiger charge is -2.14. The Morgan fingerprint density at radius 1 is 0.788 bits per heavy atom. The molecule has 0 bridgehead atoms. The molecule has 0 aliphatic carbocycles. The van der Waals surface area contributed by atoms with Crippen molar-refractivity contribution in [2.75, 3.05) is 29.0 Å². The van der Waals surface area contributed by atoms with Crippen molar-refractivity contribution in [3.8, 4) is 0 Å². The molecular formula is C25H23FN4O3.